The number of aromatic amines is 2. The number of aromatic nitrogens is 6. The van der Waals surface area contributed by atoms with Crippen LogP contribution in [0.25, 0.3) is 90.9 Å². The Balaban J connectivity index is 1.44. The van der Waals surface area contributed by atoms with E-state index in [9.17, 15) is 20.2 Å². The third-order valence-electron chi connectivity index (χ3n) is 10.0. The maximum absolute atomic E-state index is 11.6. The van der Waals surface area contributed by atoms with E-state index in [2.05, 4.69) is 22.1 Å². The van der Waals surface area contributed by atoms with Crippen LogP contribution in [-0.2, 0) is 14.1 Å². The summed E-state index contributed by atoms with van der Waals surface area (Å²) in [5.74, 6) is 0. The number of nitro benzene ring substituents is 2. The van der Waals surface area contributed by atoms with Crippen molar-refractivity contribution >= 4 is 57.7 Å². The van der Waals surface area contributed by atoms with E-state index in [1.165, 1.54) is 24.3 Å². The van der Waals surface area contributed by atoms with Crippen molar-refractivity contribution < 1.29 is 19.0 Å². The largest absolute Gasteiger partial charge is 0.354 e. The number of aryl methyl sites for hydroxylation is 2. The van der Waals surface area contributed by atoms with Crippen molar-refractivity contribution in [2.24, 2.45) is 14.1 Å². The van der Waals surface area contributed by atoms with Gasteiger partial charge in [0, 0.05) is 92.9 Å². The van der Waals surface area contributed by atoms with Crippen molar-refractivity contribution in [3.63, 3.8) is 0 Å². The average Bonchev–Trinajstić information content (AvgIpc) is 4.05. The highest BCUT2D eigenvalue weighted by Gasteiger charge is 2.21. The third kappa shape index (κ3) is 6.10. The van der Waals surface area contributed by atoms with Gasteiger partial charge in [-0.25, -0.2) is 19.1 Å². The molecule has 9 rings (SSSR count). The van der Waals surface area contributed by atoms with E-state index in [-0.39, 0.29) is 11.4 Å². The first-order valence-electron chi connectivity index (χ1n) is 17.8. The Morgan fingerprint density at radius 1 is 0.429 bits per heavy atom. The normalized spacial score (nSPS) is 11.9. The van der Waals surface area contributed by atoms with E-state index >= 15 is 0 Å². The molecule has 0 saturated carbocycles. The van der Waals surface area contributed by atoms with Gasteiger partial charge in [0.05, 0.1) is 32.6 Å². The van der Waals surface area contributed by atoms with Crippen LogP contribution in [0.2, 0.25) is 0 Å². The zero-order valence-corrected chi connectivity index (χ0v) is 30.2. The van der Waals surface area contributed by atoms with Crippen LogP contribution in [0, 0.1) is 20.2 Å². The highest BCUT2D eigenvalue weighted by molar-refractivity contribution is 6.00. The smallest absolute Gasteiger partial charge is 0.269 e. The summed E-state index contributed by atoms with van der Waals surface area (Å²) in [5.41, 5.74) is 12.6. The summed E-state index contributed by atoms with van der Waals surface area (Å²) in [5, 5.41) is 23.2. The number of benzene rings is 2. The summed E-state index contributed by atoms with van der Waals surface area (Å²) < 4.78 is 3.96. The summed E-state index contributed by atoms with van der Waals surface area (Å²) in [7, 11) is 3.94. The van der Waals surface area contributed by atoms with Crippen molar-refractivity contribution in [2.75, 3.05) is 0 Å². The molecule has 2 N–H and O–H groups in total. The van der Waals surface area contributed by atoms with Crippen molar-refractivity contribution in [3.05, 3.63) is 165 Å². The molecule has 2 aliphatic heterocycles. The molecule has 0 saturated heterocycles. The van der Waals surface area contributed by atoms with Gasteiger partial charge in [-0.3, -0.25) is 20.2 Å². The molecule has 12 heteroatoms. The van der Waals surface area contributed by atoms with Crippen molar-refractivity contribution in [2.45, 2.75) is 0 Å². The number of nitrogens with zero attached hydrogens (tertiary/aromatic N) is 6. The monoisotopic (exact) mass is 736 g/mol. The number of H-pyrrole nitrogens is 2. The highest BCUT2D eigenvalue weighted by Crippen LogP contribution is 2.38. The lowest BCUT2D eigenvalue weighted by Gasteiger charge is -2.06. The Labute approximate surface area is 319 Å². The molecule has 0 amide bonds. The molecule has 0 fully saturated rings. The zero-order valence-electron chi connectivity index (χ0n) is 30.2. The van der Waals surface area contributed by atoms with Crippen LogP contribution < -0.4 is 9.13 Å². The minimum Gasteiger partial charge on any atom is -0.354 e. The number of nitrogens with one attached hydrogen (secondary N) is 2. The third-order valence-corrected chi connectivity index (χ3v) is 10.0. The molecule has 7 heterocycles. The van der Waals surface area contributed by atoms with Gasteiger partial charge in [0.1, 0.15) is 14.1 Å². The first-order chi connectivity index (χ1) is 27.2. The van der Waals surface area contributed by atoms with Gasteiger partial charge >= 0.3 is 0 Å². The van der Waals surface area contributed by atoms with Gasteiger partial charge in [0.2, 0.25) is 0 Å². The molecule has 2 aliphatic rings. The van der Waals surface area contributed by atoms with E-state index in [0.717, 1.165) is 78.0 Å². The molecule has 0 aliphatic carbocycles. The number of hydrogen-bond acceptors (Lipinski definition) is 6. The molecule has 5 aromatic heterocycles. The number of nitro groups is 2. The molecule has 0 atom stereocenters. The molecule has 270 valence electrons. The maximum Gasteiger partial charge on any atom is 0.269 e. The van der Waals surface area contributed by atoms with E-state index in [1.807, 2.05) is 109 Å². The Morgan fingerprint density at radius 2 is 0.732 bits per heavy atom. The number of hydrogen-bond donors (Lipinski definition) is 2. The topological polar surface area (TPSA) is 151 Å². The predicted octanol–water partition coefficient (Wildman–Crippen LogP) is 8.79. The Morgan fingerprint density at radius 3 is 1.11 bits per heavy atom. The summed E-state index contributed by atoms with van der Waals surface area (Å²) >= 11 is 0. The van der Waals surface area contributed by atoms with Crippen LogP contribution in [0.15, 0.2) is 122 Å². The van der Waals surface area contributed by atoms with Gasteiger partial charge < -0.3 is 9.97 Å². The first kappa shape index (κ1) is 33.9. The average molecular weight is 737 g/mol. The lowest BCUT2D eigenvalue weighted by atomic mass is 10.0. The van der Waals surface area contributed by atoms with E-state index in [1.54, 1.807) is 24.3 Å². The second-order valence-electron chi connectivity index (χ2n) is 13.6. The van der Waals surface area contributed by atoms with Crippen molar-refractivity contribution in [1.29, 1.82) is 0 Å². The van der Waals surface area contributed by atoms with Crippen LogP contribution in [0.4, 0.5) is 11.4 Å². The molecule has 2 aromatic carbocycles. The Hall–Kier alpha value is -7.86. The summed E-state index contributed by atoms with van der Waals surface area (Å²) in [6.07, 6.45) is 16.0. The summed E-state index contributed by atoms with van der Waals surface area (Å²) in [6, 6.07) is 29.1. The quantitative estimate of drug-likeness (QED) is 0.0989. The standard InChI is InChI=1S/C44H31N8O4/c1-49-23-19-29(20-24-49)43-37-15-13-35(46-37)41(27-3-7-31(8-4-27)51(53)54)33-11-12-34(45-33)42(28-5-9-32(10-6-28)52(55)56)36-14-16-38(47-36)44(40-18-17-39(43)48-40)30-21-25-50(2)26-22-30/h3-26H,1-2H3,(H,45,46,47,48)/q+1/p+1. The second-order valence-corrected chi connectivity index (χ2v) is 13.6. The molecule has 56 heavy (non-hydrogen) atoms. The van der Waals surface area contributed by atoms with Gasteiger partial charge in [-0.15, -0.1) is 0 Å². The van der Waals surface area contributed by atoms with E-state index in [4.69, 9.17) is 9.97 Å². The molecule has 7 aromatic rings. The van der Waals surface area contributed by atoms with E-state index in [0.29, 0.717) is 11.4 Å². The molecule has 0 radical (unpaired) electrons. The predicted molar refractivity (Wildman–Crippen MR) is 216 cm³/mol. The molecule has 0 spiro atoms. The highest BCUT2D eigenvalue weighted by atomic mass is 16.6. The SMILES string of the molecule is C[n+]1ccc(-c2c3nc(c(-c4ccc([N+](=O)[O-])cc4)c4ccc([nH]4)c(-c4ccc([N+](=O)[O-])cc4)c4ccc([nH]4)c(-c4cc[n+](C)cc4)c4nc2C=C4)C=C3)cc1. The van der Waals surface area contributed by atoms with Gasteiger partial charge in [-0.1, -0.05) is 0 Å². The summed E-state index contributed by atoms with van der Waals surface area (Å²) in [6.45, 7) is 0. The fourth-order valence-corrected chi connectivity index (χ4v) is 7.26. The molecule has 0 unspecified atom stereocenters. The maximum atomic E-state index is 11.6. The summed E-state index contributed by atoms with van der Waals surface area (Å²) in [4.78, 5) is 40.3. The van der Waals surface area contributed by atoms with Crippen LogP contribution in [-0.4, -0.2) is 29.8 Å². The molecule has 12 nitrogen and oxygen atoms in total. The number of pyridine rings is 2. The van der Waals surface area contributed by atoms with Gasteiger partial charge in [-0.05, 0) is 95.1 Å². The van der Waals surface area contributed by atoms with Gasteiger partial charge in [0.25, 0.3) is 11.4 Å². The fourth-order valence-electron chi connectivity index (χ4n) is 7.26. The van der Waals surface area contributed by atoms with Crippen molar-refractivity contribution in [3.8, 4) is 44.5 Å². The van der Waals surface area contributed by atoms with Crippen LogP contribution in [0.5, 0.6) is 0 Å². The minimum absolute atomic E-state index is 0.0136. The minimum atomic E-state index is -0.419. The zero-order chi connectivity index (χ0) is 38.5. The lowest BCUT2D eigenvalue weighted by Crippen LogP contribution is -2.25. The number of fused-ring (bicyclic) bond motifs is 8. The van der Waals surface area contributed by atoms with Crippen LogP contribution in [0.3, 0.4) is 0 Å². The van der Waals surface area contributed by atoms with E-state index < -0.39 is 9.85 Å². The Bertz CT molecular complexity index is 2960. The molecule has 8 bridgehead atoms. The molecular weight excluding hydrogens is 705 g/mol. The lowest BCUT2D eigenvalue weighted by molar-refractivity contribution is -0.671. The molecular formula is C44H32N8O4+2. The Kier molecular flexibility index (Phi) is 8.20. The van der Waals surface area contributed by atoms with Crippen molar-refractivity contribution in [1.82, 2.24) is 19.9 Å². The van der Waals surface area contributed by atoms with Gasteiger partial charge in [-0.2, -0.15) is 0 Å². The van der Waals surface area contributed by atoms with Crippen LogP contribution >= 0.6 is 0 Å². The fraction of sp³-hybridized carbons (Fsp3) is 0.0455. The van der Waals surface area contributed by atoms with Gasteiger partial charge in [0.15, 0.2) is 24.8 Å². The number of rotatable bonds is 6. The number of non-ortho nitro benzene ring substituents is 2. The second kappa shape index (κ2) is 13.5. The first-order valence-corrected chi connectivity index (χ1v) is 17.8. The van der Waals surface area contributed by atoms with Crippen LogP contribution in [0.1, 0.15) is 22.8 Å².